The van der Waals surface area contributed by atoms with Gasteiger partial charge < -0.3 is 5.32 Å². The van der Waals surface area contributed by atoms with Crippen LogP contribution in [0.25, 0.3) is 0 Å². The SMILES string of the molecule is CCC(C)NS(=O)(=O)c1ccc(NC(=O)Cc2ccccc2C)cc1. The number of rotatable bonds is 7. The Bertz CT molecular complexity index is 830. The van der Waals surface area contributed by atoms with Crippen LogP contribution in [0.5, 0.6) is 0 Å². The molecule has 2 N–H and O–H groups in total. The van der Waals surface area contributed by atoms with Crippen molar-refractivity contribution in [3.05, 3.63) is 59.7 Å². The third kappa shape index (κ3) is 5.41. The number of benzene rings is 2. The molecule has 1 unspecified atom stereocenters. The first-order valence-corrected chi connectivity index (χ1v) is 9.77. The van der Waals surface area contributed by atoms with Gasteiger partial charge in [0, 0.05) is 11.7 Å². The minimum Gasteiger partial charge on any atom is -0.326 e. The van der Waals surface area contributed by atoms with Crippen LogP contribution in [0.3, 0.4) is 0 Å². The van der Waals surface area contributed by atoms with Gasteiger partial charge in [0.2, 0.25) is 15.9 Å². The summed E-state index contributed by atoms with van der Waals surface area (Å²) in [5.41, 5.74) is 2.60. The fourth-order valence-electron chi connectivity index (χ4n) is 2.32. The minimum absolute atomic E-state index is 0.126. The summed E-state index contributed by atoms with van der Waals surface area (Å²) >= 11 is 0. The topological polar surface area (TPSA) is 75.3 Å². The summed E-state index contributed by atoms with van der Waals surface area (Å²) in [6.07, 6.45) is 0.995. The molecule has 0 radical (unpaired) electrons. The Morgan fingerprint density at radius 1 is 1.08 bits per heavy atom. The molecule has 2 rings (SSSR count). The number of nitrogens with one attached hydrogen (secondary N) is 2. The van der Waals surface area contributed by atoms with Gasteiger partial charge >= 0.3 is 0 Å². The average Bonchev–Trinajstić information content (AvgIpc) is 2.57. The van der Waals surface area contributed by atoms with Crippen LogP contribution in [0.4, 0.5) is 5.69 Å². The lowest BCUT2D eigenvalue weighted by Crippen LogP contribution is -2.31. The molecule has 2 aromatic carbocycles. The summed E-state index contributed by atoms with van der Waals surface area (Å²) in [4.78, 5) is 12.3. The Balaban J connectivity index is 2.03. The Morgan fingerprint density at radius 3 is 2.32 bits per heavy atom. The minimum atomic E-state index is -3.53. The molecular formula is C19H24N2O3S. The fourth-order valence-corrected chi connectivity index (χ4v) is 3.65. The van der Waals surface area contributed by atoms with Crippen molar-refractivity contribution in [1.29, 1.82) is 0 Å². The zero-order chi connectivity index (χ0) is 18.4. The van der Waals surface area contributed by atoms with Crippen molar-refractivity contribution < 1.29 is 13.2 Å². The van der Waals surface area contributed by atoms with Gasteiger partial charge in [0.1, 0.15) is 0 Å². The molecule has 0 bridgehead atoms. The van der Waals surface area contributed by atoms with Gasteiger partial charge in [0.25, 0.3) is 0 Å². The smallest absolute Gasteiger partial charge is 0.240 e. The number of hydrogen-bond acceptors (Lipinski definition) is 3. The molecule has 0 heterocycles. The number of sulfonamides is 1. The van der Waals surface area contributed by atoms with Crippen molar-refractivity contribution in [2.45, 2.75) is 44.6 Å². The normalized spacial score (nSPS) is 12.6. The lowest BCUT2D eigenvalue weighted by Gasteiger charge is -2.12. The van der Waals surface area contributed by atoms with Crippen LogP contribution in [0.1, 0.15) is 31.4 Å². The van der Waals surface area contributed by atoms with Gasteiger partial charge in [-0.05, 0) is 55.7 Å². The molecule has 0 aliphatic rings. The molecule has 0 fully saturated rings. The number of amides is 1. The summed E-state index contributed by atoms with van der Waals surface area (Å²) in [7, 11) is -3.53. The first kappa shape index (κ1) is 19.1. The van der Waals surface area contributed by atoms with Crippen molar-refractivity contribution in [3.8, 4) is 0 Å². The van der Waals surface area contributed by atoms with E-state index in [-0.39, 0.29) is 23.3 Å². The Kier molecular flexibility index (Phi) is 6.33. The highest BCUT2D eigenvalue weighted by atomic mass is 32.2. The zero-order valence-electron chi connectivity index (χ0n) is 14.7. The molecule has 1 atom stereocenters. The van der Waals surface area contributed by atoms with E-state index in [0.717, 1.165) is 11.1 Å². The summed E-state index contributed by atoms with van der Waals surface area (Å²) < 4.78 is 27.0. The third-order valence-corrected chi connectivity index (χ3v) is 5.63. The van der Waals surface area contributed by atoms with Crippen molar-refractivity contribution in [2.75, 3.05) is 5.32 Å². The van der Waals surface area contributed by atoms with E-state index in [1.54, 1.807) is 12.1 Å². The molecular weight excluding hydrogens is 336 g/mol. The van der Waals surface area contributed by atoms with E-state index >= 15 is 0 Å². The molecule has 2 aromatic rings. The van der Waals surface area contributed by atoms with Gasteiger partial charge in [0.05, 0.1) is 11.3 Å². The molecule has 1 amide bonds. The maximum Gasteiger partial charge on any atom is 0.240 e. The van der Waals surface area contributed by atoms with E-state index in [1.807, 2.05) is 45.0 Å². The van der Waals surface area contributed by atoms with Gasteiger partial charge in [-0.2, -0.15) is 0 Å². The second kappa shape index (κ2) is 8.27. The van der Waals surface area contributed by atoms with Gasteiger partial charge in [-0.15, -0.1) is 0 Å². The molecule has 25 heavy (non-hydrogen) atoms. The van der Waals surface area contributed by atoms with Crippen LogP contribution in [0.15, 0.2) is 53.4 Å². The third-order valence-electron chi connectivity index (χ3n) is 4.03. The molecule has 0 aliphatic carbocycles. The number of aryl methyl sites for hydroxylation is 1. The number of carbonyl (C=O) groups excluding carboxylic acids is 1. The van der Waals surface area contributed by atoms with Gasteiger partial charge in [-0.25, -0.2) is 13.1 Å². The molecule has 5 nitrogen and oxygen atoms in total. The fraction of sp³-hybridized carbons (Fsp3) is 0.316. The number of carbonyl (C=O) groups is 1. The van der Waals surface area contributed by atoms with Crippen LogP contribution < -0.4 is 10.0 Å². The van der Waals surface area contributed by atoms with Crippen LogP contribution in [0.2, 0.25) is 0 Å². The van der Waals surface area contributed by atoms with Crippen LogP contribution in [-0.4, -0.2) is 20.4 Å². The highest BCUT2D eigenvalue weighted by Gasteiger charge is 2.16. The summed E-state index contributed by atoms with van der Waals surface area (Å²) in [6, 6.07) is 13.8. The highest BCUT2D eigenvalue weighted by molar-refractivity contribution is 7.89. The molecule has 134 valence electrons. The maximum atomic E-state index is 12.2. The highest BCUT2D eigenvalue weighted by Crippen LogP contribution is 2.16. The lowest BCUT2D eigenvalue weighted by molar-refractivity contribution is -0.115. The molecule has 0 aliphatic heterocycles. The average molecular weight is 360 g/mol. The first-order valence-electron chi connectivity index (χ1n) is 8.28. The predicted molar refractivity (Wildman–Crippen MR) is 100 cm³/mol. The summed E-state index contributed by atoms with van der Waals surface area (Å²) in [5, 5.41) is 2.79. The maximum absolute atomic E-state index is 12.2. The van der Waals surface area contributed by atoms with E-state index in [4.69, 9.17) is 0 Å². The standard InChI is InChI=1S/C19H24N2O3S/c1-4-15(3)21-25(23,24)18-11-9-17(10-12-18)20-19(22)13-16-8-6-5-7-14(16)2/h5-12,15,21H,4,13H2,1-3H3,(H,20,22). The van der Waals surface area contributed by atoms with Crippen LogP contribution in [-0.2, 0) is 21.2 Å². The lowest BCUT2D eigenvalue weighted by atomic mass is 10.1. The van der Waals surface area contributed by atoms with Gasteiger partial charge in [-0.3, -0.25) is 4.79 Å². The first-order chi connectivity index (χ1) is 11.8. The van der Waals surface area contributed by atoms with E-state index in [0.29, 0.717) is 12.1 Å². The number of anilines is 1. The summed E-state index contributed by atoms with van der Waals surface area (Å²) in [6.45, 7) is 5.70. The van der Waals surface area contributed by atoms with E-state index in [2.05, 4.69) is 10.0 Å². The Labute approximate surface area is 149 Å². The molecule has 6 heteroatoms. The predicted octanol–water partition coefficient (Wildman–Crippen LogP) is 3.25. The summed E-state index contributed by atoms with van der Waals surface area (Å²) in [5.74, 6) is -0.136. The molecule has 0 saturated carbocycles. The van der Waals surface area contributed by atoms with Crippen molar-refractivity contribution in [2.24, 2.45) is 0 Å². The van der Waals surface area contributed by atoms with Crippen molar-refractivity contribution in [1.82, 2.24) is 4.72 Å². The van der Waals surface area contributed by atoms with E-state index in [1.165, 1.54) is 12.1 Å². The van der Waals surface area contributed by atoms with Gasteiger partial charge in [0.15, 0.2) is 0 Å². The van der Waals surface area contributed by atoms with E-state index < -0.39 is 10.0 Å². The number of hydrogen-bond donors (Lipinski definition) is 2. The van der Waals surface area contributed by atoms with Crippen LogP contribution in [0, 0.1) is 6.92 Å². The van der Waals surface area contributed by atoms with Crippen LogP contribution >= 0.6 is 0 Å². The van der Waals surface area contributed by atoms with E-state index in [9.17, 15) is 13.2 Å². The second-order valence-electron chi connectivity index (χ2n) is 6.11. The molecule has 0 aromatic heterocycles. The second-order valence-corrected chi connectivity index (χ2v) is 7.82. The molecule has 0 spiro atoms. The monoisotopic (exact) mass is 360 g/mol. The van der Waals surface area contributed by atoms with Gasteiger partial charge in [-0.1, -0.05) is 31.2 Å². The Morgan fingerprint density at radius 2 is 1.72 bits per heavy atom. The quantitative estimate of drug-likeness (QED) is 0.796. The molecule has 0 saturated heterocycles. The Hall–Kier alpha value is -2.18. The van der Waals surface area contributed by atoms with Crippen molar-refractivity contribution in [3.63, 3.8) is 0 Å². The largest absolute Gasteiger partial charge is 0.326 e. The van der Waals surface area contributed by atoms with Crippen molar-refractivity contribution >= 4 is 21.6 Å². The zero-order valence-corrected chi connectivity index (χ0v) is 15.6.